The van der Waals surface area contributed by atoms with Crippen LogP contribution in [0, 0.1) is 0 Å². The minimum atomic E-state index is 0.0401. The monoisotopic (exact) mass is 251 g/mol. The first kappa shape index (κ1) is 11.7. The predicted octanol–water partition coefficient (Wildman–Crippen LogP) is 3.52. The van der Waals surface area contributed by atoms with Crippen molar-refractivity contribution in [3.05, 3.63) is 66.4 Å². The molecule has 0 unspecified atom stereocenters. The summed E-state index contributed by atoms with van der Waals surface area (Å²) >= 11 is 0. The first-order valence-electron chi connectivity index (χ1n) is 6.08. The highest BCUT2D eigenvalue weighted by atomic mass is 16.5. The summed E-state index contributed by atoms with van der Waals surface area (Å²) in [5.74, 6) is 1.52. The molecule has 0 amide bonds. The zero-order valence-electron chi connectivity index (χ0n) is 10.3. The lowest BCUT2D eigenvalue weighted by Gasteiger charge is -2.08. The molecular formula is C16H13NO2. The Morgan fingerprint density at radius 2 is 1.74 bits per heavy atom. The second-order valence-electron chi connectivity index (χ2n) is 4.23. The molecule has 1 heterocycles. The Hall–Kier alpha value is -2.39. The second kappa shape index (κ2) is 5.08. The third-order valence-corrected chi connectivity index (χ3v) is 2.94. The highest BCUT2D eigenvalue weighted by Crippen LogP contribution is 2.28. The number of ether oxygens (including phenoxy) is 1. The molecule has 0 fully saturated rings. The Labute approximate surface area is 111 Å². The van der Waals surface area contributed by atoms with Crippen molar-refractivity contribution in [1.82, 2.24) is 4.98 Å². The van der Waals surface area contributed by atoms with Gasteiger partial charge in [-0.15, -0.1) is 0 Å². The van der Waals surface area contributed by atoms with Gasteiger partial charge in [-0.05, 0) is 35.9 Å². The largest absolute Gasteiger partial charge is 0.457 e. The van der Waals surface area contributed by atoms with E-state index in [1.165, 1.54) is 0 Å². The first-order chi connectivity index (χ1) is 9.36. The molecule has 2 aromatic carbocycles. The van der Waals surface area contributed by atoms with E-state index >= 15 is 0 Å². The van der Waals surface area contributed by atoms with Crippen molar-refractivity contribution in [3.8, 4) is 11.5 Å². The van der Waals surface area contributed by atoms with Crippen LogP contribution in [0.4, 0.5) is 0 Å². The predicted molar refractivity (Wildman–Crippen MR) is 74.2 cm³/mol. The number of pyridine rings is 1. The van der Waals surface area contributed by atoms with Gasteiger partial charge in [-0.2, -0.15) is 0 Å². The maximum atomic E-state index is 9.01. The van der Waals surface area contributed by atoms with Gasteiger partial charge in [-0.3, -0.25) is 4.98 Å². The Kier molecular flexibility index (Phi) is 3.12. The van der Waals surface area contributed by atoms with Gasteiger partial charge in [0, 0.05) is 11.6 Å². The molecule has 0 aliphatic heterocycles. The zero-order valence-corrected chi connectivity index (χ0v) is 10.3. The average molecular weight is 251 g/mol. The van der Waals surface area contributed by atoms with Crippen LogP contribution in [0.1, 0.15) is 5.56 Å². The molecule has 0 aliphatic carbocycles. The molecule has 0 bridgehead atoms. The van der Waals surface area contributed by atoms with Crippen LogP contribution in [0.2, 0.25) is 0 Å². The minimum absolute atomic E-state index is 0.0401. The highest BCUT2D eigenvalue weighted by molar-refractivity contribution is 5.84. The Morgan fingerprint density at radius 3 is 2.53 bits per heavy atom. The molecule has 0 aliphatic rings. The van der Waals surface area contributed by atoms with Gasteiger partial charge in [0.05, 0.1) is 12.1 Å². The number of hydrogen-bond donors (Lipinski definition) is 1. The summed E-state index contributed by atoms with van der Waals surface area (Å²) in [5, 5.41) is 9.99. The van der Waals surface area contributed by atoms with Gasteiger partial charge < -0.3 is 9.84 Å². The van der Waals surface area contributed by atoms with E-state index in [1.54, 1.807) is 6.20 Å². The fraction of sp³-hybridized carbons (Fsp3) is 0.0625. The maximum absolute atomic E-state index is 9.01. The molecule has 0 saturated heterocycles. The molecular weight excluding hydrogens is 238 g/mol. The summed E-state index contributed by atoms with van der Waals surface area (Å²) < 4.78 is 5.87. The van der Waals surface area contributed by atoms with Gasteiger partial charge >= 0.3 is 0 Å². The van der Waals surface area contributed by atoms with Crippen molar-refractivity contribution < 1.29 is 9.84 Å². The third kappa shape index (κ3) is 2.41. The number of nitrogens with zero attached hydrogens (tertiary/aromatic N) is 1. The number of aromatic nitrogens is 1. The average Bonchev–Trinajstić information content (AvgIpc) is 2.48. The summed E-state index contributed by atoms with van der Waals surface area (Å²) in [6.07, 6.45) is 1.74. The topological polar surface area (TPSA) is 42.4 Å². The molecule has 0 saturated carbocycles. The fourth-order valence-electron chi connectivity index (χ4n) is 1.95. The molecule has 1 N–H and O–H groups in total. The van der Waals surface area contributed by atoms with E-state index in [0.717, 1.165) is 28.0 Å². The van der Waals surface area contributed by atoms with E-state index in [1.807, 2.05) is 54.6 Å². The Morgan fingerprint density at radius 1 is 0.947 bits per heavy atom. The van der Waals surface area contributed by atoms with Crippen molar-refractivity contribution in [3.63, 3.8) is 0 Å². The number of benzene rings is 2. The number of rotatable bonds is 3. The quantitative estimate of drug-likeness (QED) is 0.774. The lowest BCUT2D eigenvalue weighted by Crippen LogP contribution is -1.88. The van der Waals surface area contributed by atoms with Crippen LogP contribution in [-0.4, -0.2) is 10.1 Å². The smallest absolute Gasteiger partial charge is 0.138 e. The van der Waals surface area contributed by atoms with Gasteiger partial charge in [-0.25, -0.2) is 0 Å². The highest BCUT2D eigenvalue weighted by Gasteiger charge is 2.03. The Balaban J connectivity index is 1.96. The zero-order chi connectivity index (χ0) is 13.1. The van der Waals surface area contributed by atoms with E-state index in [2.05, 4.69) is 4.98 Å². The van der Waals surface area contributed by atoms with Gasteiger partial charge in [0.15, 0.2) is 0 Å². The van der Waals surface area contributed by atoms with Crippen LogP contribution < -0.4 is 4.74 Å². The van der Waals surface area contributed by atoms with Crippen LogP contribution in [0.5, 0.6) is 11.5 Å². The molecule has 19 heavy (non-hydrogen) atoms. The third-order valence-electron chi connectivity index (χ3n) is 2.94. The normalized spacial score (nSPS) is 10.6. The van der Waals surface area contributed by atoms with Crippen molar-refractivity contribution in [2.45, 2.75) is 6.61 Å². The van der Waals surface area contributed by atoms with E-state index in [0.29, 0.717) is 0 Å². The van der Waals surface area contributed by atoms with Crippen LogP contribution in [-0.2, 0) is 6.61 Å². The second-order valence-corrected chi connectivity index (χ2v) is 4.23. The molecule has 0 atom stereocenters. The molecule has 3 heteroatoms. The molecule has 3 nitrogen and oxygen atoms in total. The van der Waals surface area contributed by atoms with E-state index in [4.69, 9.17) is 9.84 Å². The van der Waals surface area contributed by atoms with E-state index in [-0.39, 0.29) is 6.61 Å². The molecule has 1 aromatic heterocycles. The van der Waals surface area contributed by atoms with Gasteiger partial charge in [0.25, 0.3) is 0 Å². The van der Waals surface area contributed by atoms with Crippen molar-refractivity contribution >= 4 is 10.9 Å². The summed E-state index contributed by atoms with van der Waals surface area (Å²) in [6, 6.07) is 17.1. The summed E-state index contributed by atoms with van der Waals surface area (Å²) in [5.41, 5.74) is 1.78. The number of hydrogen-bond acceptors (Lipinski definition) is 3. The molecule has 0 spiro atoms. The van der Waals surface area contributed by atoms with Gasteiger partial charge in [0.1, 0.15) is 11.5 Å². The standard InChI is InChI=1S/C16H13NO2/c18-11-12-5-7-13(8-6-12)19-16-9-10-17-15-4-2-1-3-14(15)16/h1-10,18H,11H2. The minimum Gasteiger partial charge on any atom is -0.457 e. The lowest BCUT2D eigenvalue weighted by molar-refractivity contribution is 0.281. The lowest BCUT2D eigenvalue weighted by atomic mass is 10.2. The van der Waals surface area contributed by atoms with Crippen molar-refractivity contribution in [2.75, 3.05) is 0 Å². The van der Waals surface area contributed by atoms with E-state index in [9.17, 15) is 0 Å². The Bertz CT molecular complexity index is 687. The van der Waals surface area contributed by atoms with Crippen LogP contribution in [0.15, 0.2) is 60.8 Å². The summed E-state index contributed by atoms with van der Waals surface area (Å²) in [6.45, 7) is 0.0401. The fourth-order valence-corrected chi connectivity index (χ4v) is 1.95. The molecule has 94 valence electrons. The SMILES string of the molecule is OCc1ccc(Oc2ccnc3ccccc23)cc1. The number of aliphatic hydroxyl groups is 1. The molecule has 3 rings (SSSR count). The van der Waals surface area contributed by atoms with Crippen LogP contribution in [0.25, 0.3) is 10.9 Å². The van der Waals surface area contributed by atoms with E-state index < -0.39 is 0 Å². The summed E-state index contributed by atoms with van der Waals surface area (Å²) in [4.78, 5) is 4.30. The van der Waals surface area contributed by atoms with Gasteiger partial charge in [-0.1, -0.05) is 24.3 Å². The number of fused-ring (bicyclic) bond motifs is 1. The number of para-hydroxylation sites is 1. The van der Waals surface area contributed by atoms with Crippen LogP contribution in [0.3, 0.4) is 0 Å². The van der Waals surface area contributed by atoms with Gasteiger partial charge in [0.2, 0.25) is 0 Å². The van der Waals surface area contributed by atoms with Crippen LogP contribution >= 0.6 is 0 Å². The molecule has 0 radical (unpaired) electrons. The molecule has 3 aromatic rings. The van der Waals surface area contributed by atoms with Crippen molar-refractivity contribution in [1.29, 1.82) is 0 Å². The maximum Gasteiger partial charge on any atom is 0.138 e. The first-order valence-corrected chi connectivity index (χ1v) is 6.08. The summed E-state index contributed by atoms with van der Waals surface area (Å²) in [7, 11) is 0. The van der Waals surface area contributed by atoms with Crippen molar-refractivity contribution in [2.24, 2.45) is 0 Å². The number of aliphatic hydroxyl groups excluding tert-OH is 1.